The Morgan fingerprint density at radius 1 is 1.29 bits per heavy atom. The first-order valence-corrected chi connectivity index (χ1v) is 12.0. The predicted molar refractivity (Wildman–Crippen MR) is 117 cm³/mol. The van der Waals surface area contributed by atoms with Crippen molar-refractivity contribution in [3.8, 4) is 11.1 Å². The minimum Gasteiger partial charge on any atom is -0.304 e. The maximum absolute atomic E-state index is 14.2. The molecule has 0 aliphatic heterocycles. The fourth-order valence-corrected chi connectivity index (χ4v) is 4.82. The summed E-state index contributed by atoms with van der Waals surface area (Å²) in [5.41, 5.74) is -1.93. The third-order valence-corrected chi connectivity index (χ3v) is 6.61. The number of benzene rings is 1. The molecule has 2 amide bonds. The average molecular weight is 514 g/mol. The lowest BCUT2D eigenvalue weighted by Gasteiger charge is -2.20. The van der Waals surface area contributed by atoms with E-state index < -0.39 is 50.0 Å². The number of carbonyl (C=O) groups is 1. The van der Waals surface area contributed by atoms with E-state index in [9.17, 15) is 31.0 Å². The van der Waals surface area contributed by atoms with Gasteiger partial charge >= 0.3 is 12.2 Å². The second kappa shape index (κ2) is 9.00. The van der Waals surface area contributed by atoms with Crippen molar-refractivity contribution in [2.24, 2.45) is 9.50 Å². The third kappa shape index (κ3) is 4.89. The van der Waals surface area contributed by atoms with Crippen LogP contribution in [0.25, 0.3) is 11.1 Å². The number of aryl methyl sites for hydroxylation is 2. The van der Waals surface area contributed by atoms with Crippen molar-refractivity contribution in [1.29, 1.82) is 0 Å². The number of nitrogens with one attached hydrogen (secondary N) is 1. The summed E-state index contributed by atoms with van der Waals surface area (Å²) in [5, 5.41) is 10.7. The quantitative estimate of drug-likeness (QED) is 0.492. The van der Waals surface area contributed by atoms with Gasteiger partial charge in [0.1, 0.15) is 5.82 Å². The molecule has 1 aliphatic carbocycles. The standard InChI is InChI=1S/C21H19F5N6O2S/c1-2-32-10-14(23)19(30-32)35(27,34)31-20(33)29-17-13-7-4-8-15(13)28-18(21(24,25)26)16(17)11-5-3-6-12(22)9-11/h3,5-6,9-10H,2,4,7-8H2,1H3,(H3,27,28,29,31,33,34)/t35-/m0/s1. The molecule has 0 spiro atoms. The van der Waals surface area contributed by atoms with Crippen LogP contribution in [-0.4, -0.2) is 25.0 Å². The predicted octanol–water partition coefficient (Wildman–Crippen LogP) is 4.68. The minimum atomic E-state index is -4.94. The molecule has 1 aromatic carbocycles. The van der Waals surface area contributed by atoms with Gasteiger partial charge in [0.25, 0.3) is 0 Å². The maximum atomic E-state index is 14.2. The van der Waals surface area contributed by atoms with Gasteiger partial charge in [-0.05, 0) is 49.4 Å². The zero-order chi connectivity index (χ0) is 25.5. The van der Waals surface area contributed by atoms with Crippen LogP contribution in [0.2, 0.25) is 0 Å². The molecule has 0 bridgehead atoms. The van der Waals surface area contributed by atoms with Crippen LogP contribution >= 0.6 is 0 Å². The van der Waals surface area contributed by atoms with Crippen LogP contribution in [0.5, 0.6) is 0 Å². The van der Waals surface area contributed by atoms with Gasteiger partial charge < -0.3 is 5.32 Å². The number of nitrogens with two attached hydrogens (primary N) is 1. The van der Waals surface area contributed by atoms with Gasteiger partial charge in [0.05, 0.1) is 11.9 Å². The van der Waals surface area contributed by atoms with Gasteiger partial charge in [0.2, 0.25) is 5.03 Å². The molecule has 0 saturated carbocycles. The molecule has 0 saturated heterocycles. The Kier molecular flexibility index (Phi) is 6.36. The second-order valence-electron chi connectivity index (χ2n) is 7.73. The van der Waals surface area contributed by atoms with E-state index in [-0.39, 0.29) is 36.3 Å². The number of hydrogen-bond donors (Lipinski definition) is 2. The van der Waals surface area contributed by atoms with Crippen LogP contribution in [0, 0.1) is 11.6 Å². The normalized spacial score (nSPS) is 14.9. The van der Waals surface area contributed by atoms with Gasteiger partial charge in [-0.2, -0.15) is 18.3 Å². The number of alkyl halides is 3. The monoisotopic (exact) mass is 514 g/mol. The fourth-order valence-electron chi connectivity index (χ4n) is 3.88. The van der Waals surface area contributed by atoms with Crippen LogP contribution in [0.4, 0.5) is 32.4 Å². The smallest absolute Gasteiger partial charge is 0.304 e. The summed E-state index contributed by atoms with van der Waals surface area (Å²) in [6.07, 6.45) is -3.03. The van der Waals surface area contributed by atoms with Crippen molar-refractivity contribution in [2.75, 3.05) is 5.32 Å². The number of fused-ring (bicyclic) bond motifs is 1. The number of nitrogens with zero attached hydrogens (tertiary/aromatic N) is 4. The highest BCUT2D eigenvalue weighted by Gasteiger charge is 2.40. The highest BCUT2D eigenvalue weighted by atomic mass is 32.2. The van der Waals surface area contributed by atoms with Crippen molar-refractivity contribution in [3.05, 3.63) is 59.0 Å². The summed E-state index contributed by atoms with van der Waals surface area (Å²) in [6.45, 7) is 1.85. The van der Waals surface area contributed by atoms with Gasteiger partial charge in [-0.15, -0.1) is 4.36 Å². The Labute approximate surface area is 196 Å². The molecule has 14 heteroatoms. The first-order valence-electron chi connectivity index (χ1n) is 10.4. The number of urea groups is 1. The average Bonchev–Trinajstić information content (AvgIpc) is 3.39. The fraction of sp³-hybridized carbons (Fsp3) is 0.286. The third-order valence-electron chi connectivity index (χ3n) is 5.34. The molecule has 3 aromatic rings. The Morgan fingerprint density at radius 3 is 2.66 bits per heavy atom. The number of pyridine rings is 1. The lowest BCUT2D eigenvalue weighted by Crippen LogP contribution is -2.21. The molecule has 8 nitrogen and oxygen atoms in total. The van der Waals surface area contributed by atoms with Crippen molar-refractivity contribution >= 4 is 21.6 Å². The molecule has 0 unspecified atom stereocenters. The Balaban J connectivity index is 1.87. The van der Waals surface area contributed by atoms with E-state index >= 15 is 0 Å². The van der Waals surface area contributed by atoms with E-state index in [0.717, 1.165) is 23.0 Å². The van der Waals surface area contributed by atoms with E-state index in [1.54, 1.807) is 6.92 Å². The molecule has 0 radical (unpaired) electrons. The highest BCUT2D eigenvalue weighted by molar-refractivity contribution is 7.91. The molecule has 2 heterocycles. The van der Waals surface area contributed by atoms with E-state index in [2.05, 4.69) is 19.8 Å². The van der Waals surface area contributed by atoms with Crippen molar-refractivity contribution in [1.82, 2.24) is 14.8 Å². The number of aromatic nitrogens is 3. The number of amides is 2. The highest BCUT2D eigenvalue weighted by Crippen LogP contribution is 2.44. The first-order chi connectivity index (χ1) is 16.4. The van der Waals surface area contributed by atoms with Crippen LogP contribution in [0.3, 0.4) is 0 Å². The van der Waals surface area contributed by atoms with Crippen molar-refractivity contribution in [2.45, 2.75) is 43.9 Å². The molecular formula is C21H19F5N6O2S. The summed E-state index contributed by atoms with van der Waals surface area (Å²) in [5.74, 6) is -1.86. The molecule has 4 rings (SSSR count). The maximum Gasteiger partial charge on any atom is 0.434 e. The molecular weight excluding hydrogens is 495 g/mol. The number of halogens is 5. The van der Waals surface area contributed by atoms with Gasteiger partial charge in [-0.1, -0.05) is 12.1 Å². The van der Waals surface area contributed by atoms with Crippen LogP contribution in [0.15, 0.2) is 39.9 Å². The molecule has 1 aliphatic rings. The first kappa shape index (κ1) is 24.7. The largest absolute Gasteiger partial charge is 0.434 e. The topological polar surface area (TPSA) is 115 Å². The summed E-state index contributed by atoms with van der Waals surface area (Å²) < 4.78 is 87.2. The van der Waals surface area contributed by atoms with Crippen LogP contribution < -0.4 is 10.5 Å². The zero-order valence-electron chi connectivity index (χ0n) is 18.2. The van der Waals surface area contributed by atoms with E-state index in [0.29, 0.717) is 12.0 Å². The lowest BCUT2D eigenvalue weighted by atomic mass is 9.97. The summed E-state index contributed by atoms with van der Waals surface area (Å²) in [4.78, 5) is 16.5. The van der Waals surface area contributed by atoms with Gasteiger partial charge in [0, 0.05) is 17.8 Å². The van der Waals surface area contributed by atoms with Crippen molar-refractivity contribution < 1.29 is 31.0 Å². The molecule has 3 N–H and O–H groups in total. The molecule has 0 fully saturated rings. The molecule has 2 aromatic heterocycles. The number of carbonyl (C=O) groups excluding carboxylic acids is 1. The van der Waals surface area contributed by atoms with Gasteiger partial charge in [-0.3, -0.25) is 4.68 Å². The SMILES string of the molecule is CCn1cc(F)c([S@@](N)(=O)=NC(=O)Nc2c3c(nc(C(F)(F)F)c2-c2cccc(F)c2)CCC3)n1. The zero-order valence-corrected chi connectivity index (χ0v) is 19.0. The van der Waals surface area contributed by atoms with Gasteiger partial charge in [0.15, 0.2) is 21.4 Å². The summed E-state index contributed by atoms with van der Waals surface area (Å²) in [6, 6.07) is 3.00. The molecule has 186 valence electrons. The lowest BCUT2D eigenvalue weighted by molar-refractivity contribution is -0.140. The summed E-state index contributed by atoms with van der Waals surface area (Å²) in [7, 11) is -4.18. The number of rotatable bonds is 4. The Hall–Kier alpha value is -3.39. The van der Waals surface area contributed by atoms with E-state index in [1.807, 2.05) is 0 Å². The second-order valence-corrected chi connectivity index (χ2v) is 9.43. The molecule has 1 atom stereocenters. The van der Waals surface area contributed by atoms with Crippen molar-refractivity contribution in [3.63, 3.8) is 0 Å². The minimum absolute atomic E-state index is 0.119. The van der Waals surface area contributed by atoms with Gasteiger partial charge in [-0.25, -0.2) is 27.9 Å². The number of anilines is 1. The Morgan fingerprint density at radius 2 is 2.03 bits per heavy atom. The summed E-state index contributed by atoms with van der Waals surface area (Å²) >= 11 is 0. The Bertz CT molecular complexity index is 1440. The van der Waals surface area contributed by atoms with E-state index in [4.69, 9.17) is 5.14 Å². The molecule has 35 heavy (non-hydrogen) atoms. The van der Waals surface area contributed by atoms with Crippen LogP contribution in [0.1, 0.15) is 30.3 Å². The number of hydrogen-bond acceptors (Lipinski definition) is 4. The van der Waals surface area contributed by atoms with E-state index in [1.165, 1.54) is 12.1 Å². The van der Waals surface area contributed by atoms with Crippen LogP contribution in [-0.2, 0) is 35.5 Å².